The van der Waals surface area contributed by atoms with Gasteiger partial charge in [0, 0.05) is 48.2 Å². The number of ether oxygens (including phenoxy) is 3. The quantitative estimate of drug-likeness (QED) is 0.322. The van der Waals surface area contributed by atoms with Gasteiger partial charge in [-0.15, -0.1) is 0 Å². The molecule has 1 saturated heterocycles. The Morgan fingerprint density at radius 2 is 1.92 bits per heavy atom. The van der Waals surface area contributed by atoms with Crippen molar-refractivity contribution in [3.05, 3.63) is 70.3 Å². The zero-order valence-corrected chi connectivity index (χ0v) is 32.9. The van der Waals surface area contributed by atoms with Crippen LogP contribution in [0.25, 0.3) is 0 Å². The van der Waals surface area contributed by atoms with Crippen molar-refractivity contribution >= 4 is 33.2 Å². The van der Waals surface area contributed by atoms with Crippen LogP contribution < -0.4 is 14.4 Å². The van der Waals surface area contributed by atoms with Gasteiger partial charge in [-0.3, -0.25) is 9.69 Å². The molecule has 7 atom stereocenters. The molecule has 1 spiro atoms. The van der Waals surface area contributed by atoms with Crippen LogP contribution in [0.5, 0.6) is 5.75 Å². The first kappa shape index (κ1) is 37.3. The van der Waals surface area contributed by atoms with Crippen LogP contribution in [0.1, 0.15) is 86.7 Å². The number of hydrogen-bond donors (Lipinski definition) is 1. The fourth-order valence-corrected chi connectivity index (χ4v) is 11.6. The Hall–Kier alpha value is -2.63. The second kappa shape index (κ2) is 15.5. The minimum absolute atomic E-state index is 0.0731. The highest BCUT2D eigenvalue weighted by atomic mass is 35.5. The van der Waals surface area contributed by atoms with E-state index in [1.54, 1.807) is 6.07 Å². The van der Waals surface area contributed by atoms with Crippen molar-refractivity contribution in [2.45, 2.75) is 94.4 Å². The number of nitrogens with one attached hydrogen (secondary N) is 1. The first-order valence-corrected chi connectivity index (χ1v) is 22.0. The molecule has 6 aliphatic rings. The number of benzene rings is 2. The molecular formula is C42H56ClN3O6S. The molecule has 2 bridgehead atoms. The van der Waals surface area contributed by atoms with Crippen LogP contribution >= 0.6 is 11.6 Å². The SMILES string of the molecule is C[C@@H]1C/C=C\[C@H](OC[C@@H](C)N2CCOCC2)[C@@H]2CC[C@H]2CN2C[C@@]3(CCCc4cc(Cl)ccc43)COc3ccc(cc32)C(=O)NS(=O)(=O)[C@@H]1CC1CC1. The zero-order valence-electron chi connectivity index (χ0n) is 31.3. The summed E-state index contributed by atoms with van der Waals surface area (Å²) in [6.45, 7) is 10.3. The van der Waals surface area contributed by atoms with Crippen molar-refractivity contribution in [3.8, 4) is 5.75 Å². The van der Waals surface area contributed by atoms with Crippen molar-refractivity contribution in [2.24, 2.45) is 23.7 Å². The number of nitrogens with zero attached hydrogens (tertiary/aromatic N) is 2. The van der Waals surface area contributed by atoms with Gasteiger partial charge in [0.15, 0.2) is 0 Å². The molecule has 8 rings (SSSR count). The molecule has 0 unspecified atom stereocenters. The average molecular weight is 766 g/mol. The van der Waals surface area contributed by atoms with E-state index in [2.05, 4.69) is 45.7 Å². The normalized spacial score (nSPS) is 33.0. The molecule has 3 fully saturated rings. The average Bonchev–Trinajstić information content (AvgIpc) is 3.98. The predicted molar refractivity (Wildman–Crippen MR) is 208 cm³/mol. The standard InChI is InChI=1S/C42H56ClN3O6S/c1-28-5-3-7-38(51-25-29(2)45-17-19-50-20-18-45)35-13-10-33(35)24-46-26-42(16-4-6-31-22-34(43)12-14-36(31)42)27-52-39-15-11-32(23-37(39)46)41(47)44-53(48,49)40(28)21-30-8-9-30/h3,7,11-12,14-15,22-23,28-30,33,35,38,40H,4-6,8-10,13,16-21,24-27H2,1-2H3,(H,44,47)/b7-3-/t28-,29-,33+,35-,38+,40-,42+/m1/s1. The van der Waals surface area contributed by atoms with E-state index in [1.807, 2.05) is 25.1 Å². The van der Waals surface area contributed by atoms with Crippen LogP contribution in [0, 0.1) is 23.7 Å². The van der Waals surface area contributed by atoms with Crippen LogP contribution in [-0.4, -0.2) is 89.2 Å². The van der Waals surface area contributed by atoms with E-state index in [9.17, 15) is 13.2 Å². The number of aryl methyl sites for hydroxylation is 1. The van der Waals surface area contributed by atoms with Crippen molar-refractivity contribution < 1.29 is 27.4 Å². The van der Waals surface area contributed by atoms with E-state index in [4.69, 9.17) is 25.8 Å². The maximum Gasteiger partial charge on any atom is 0.264 e. The monoisotopic (exact) mass is 765 g/mol. The molecule has 3 aliphatic heterocycles. The van der Waals surface area contributed by atoms with Crippen LogP contribution in [0.2, 0.25) is 5.02 Å². The number of anilines is 1. The Morgan fingerprint density at radius 3 is 2.70 bits per heavy atom. The van der Waals surface area contributed by atoms with E-state index < -0.39 is 21.2 Å². The molecule has 3 heterocycles. The first-order chi connectivity index (χ1) is 25.6. The number of halogens is 1. The summed E-state index contributed by atoms with van der Waals surface area (Å²) < 4.78 is 49.8. The van der Waals surface area contributed by atoms with Gasteiger partial charge in [0.25, 0.3) is 5.91 Å². The Morgan fingerprint density at radius 1 is 1.09 bits per heavy atom. The molecule has 11 heteroatoms. The van der Waals surface area contributed by atoms with Gasteiger partial charge in [-0.25, -0.2) is 13.1 Å². The number of morpholine rings is 1. The van der Waals surface area contributed by atoms with Gasteiger partial charge in [-0.05, 0) is 117 Å². The van der Waals surface area contributed by atoms with Gasteiger partial charge in [-0.2, -0.15) is 0 Å². The highest BCUT2D eigenvalue weighted by Gasteiger charge is 2.45. The van der Waals surface area contributed by atoms with E-state index >= 15 is 0 Å². The largest absolute Gasteiger partial charge is 0.490 e. The second-order valence-corrected chi connectivity index (χ2v) is 19.3. The fraction of sp³-hybridized carbons (Fsp3) is 0.643. The third-order valence-corrected chi connectivity index (χ3v) is 15.4. The molecular weight excluding hydrogens is 710 g/mol. The maximum atomic E-state index is 14.0. The maximum absolute atomic E-state index is 14.0. The van der Waals surface area contributed by atoms with Crippen molar-refractivity contribution in [2.75, 3.05) is 57.5 Å². The molecule has 1 N–H and O–H groups in total. The predicted octanol–water partition coefficient (Wildman–Crippen LogP) is 6.77. The number of amides is 1. The van der Waals surface area contributed by atoms with Gasteiger partial charge >= 0.3 is 0 Å². The Bertz CT molecular complexity index is 1790. The molecule has 2 saturated carbocycles. The summed E-state index contributed by atoms with van der Waals surface area (Å²) in [4.78, 5) is 18.7. The van der Waals surface area contributed by atoms with Crippen molar-refractivity contribution in [1.82, 2.24) is 9.62 Å². The van der Waals surface area contributed by atoms with Crippen LogP contribution in [0.4, 0.5) is 5.69 Å². The van der Waals surface area contributed by atoms with Crippen LogP contribution in [0.3, 0.4) is 0 Å². The van der Waals surface area contributed by atoms with Gasteiger partial charge < -0.3 is 19.1 Å². The van der Waals surface area contributed by atoms with Crippen molar-refractivity contribution in [3.63, 3.8) is 0 Å². The first-order valence-electron chi connectivity index (χ1n) is 20.1. The lowest BCUT2D eigenvalue weighted by molar-refractivity contribution is -0.0499. The molecule has 288 valence electrons. The summed E-state index contributed by atoms with van der Waals surface area (Å²) in [6.07, 6.45) is 12.8. The number of sulfonamides is 1. The zero-order chi connectivity index (χ0) is 36.7. The molecule has 9 nitrogen and oxygen atoms in total. The Labute approximate surface area is 320 Å². The molecule has 3 aliphatic carbocycles. The number of hydrogen-bond acceptors (Lipinski definition) is 8. The van der Waals surface area contributed by atoms with E-state index in [0.717, 1.165) is 101 Å². The summed E-state index contributed by atoms with van der Waals surface area (Å²) >= 11 is 6.50. The topological polar surface area (TPSA) is 97.4 Å². The molecule has 2 aromatic carbocycles. The number of allylic oxidation sites excluding steroid dienone is 1. The van der Waals surface area contributed by atoms with Gasteiger partial charge in [0.1, 0.15) is 5.75 Å². The molecule has 0 aromatic heterocycles. The Kier molecular flexibility index (Phi) is 10.9. The van der Waals surface area contributed by atoms with Gasteiger partial charge in [-0.1, -0.05) is 49.6 Å². The third-order valence-electron chi connectivity index (χ3n) is 13.2. The van der Waals surface area contributed by atoms with Gasteiger partial charge in [0.2, 0.25) is 10.0 Å². The summed E-state index contributed by atoms with van der Waals surface area (Å²) in [7, 11) is -3.95. The molecule has 2 aromatic rings. The Balaban J connectivity index is 1.15. The summed E-state index contributed by atoms with van der Waals surface area (Å²) in [5, 5.41) is 0.0939. The molecule has 0 radical (unpaired) electrons. The highest BCUT2D eigenvalue weighted by molar-refractivity contribution is 7.90. The summed E-state index contributed by atoms with van der Waals surface area (Å²) in [5.74, 6) is 1.09. The smallest absolute Gasteiger partial charge is 0.264 e. The molecule has 53 heavy (non-hydrogen) atoms. The summed E-state index contributed by atoms with van der Waals surface area (Å²) in [5.41, 5.74) is 3.50. The van der Waals surface area contributed by atoms with E-state index in [0.29, 0.717) is 49.4 Å². The lowest BCUT2D eigenvalue weighted by Gasteiger charge is -2.46. The van der Waals surface area contributed by atoms with Gasteiger partial charge in [0.05, 0.1) is 43.5 Å². The van der Waals surface area contributed by atoms with E-state index in [-0.39, 0.29) is 23.5 Å². The number of rotatable bonds is 6. The van der Waals surface area contributed by atoms with E-state index in [1.165, 1.54) is 11.1 Å². The fourth-order valence-electron chi connectivity index (χ4n) is 9.68. The highest BCUT2D eigenvalue weighted by Crippen LogP contribution is 2.47. The third kappa shape index (κ3) is 8.04. The molecule has 1 amide bonds. The number of carbonyl (C=O) groups is 1. The minimum Gasteiger partial charge on any atom is -0.490 e. The minimum atomic E-state index is -3.95. The number of carbonyl (C=O) groups excluding carboxylic acids is 1. The lowest BCUT2D eigenvalue weighted by atomic mass is 9.68. The lowest BCUT2D eigenvalue weighted by Crippen LogP contribution is -2.50. The van der Waals surface area contributed by atoms with Crippen LogP contribution in [-0.2, 0) is 31.3 Å². The van der Waals surface area contributed by atoms with Crippen LogP contribution in [0.15, 0.2) is 48.6 Å². The summed E-state index contributed by atoms with van der Waals surface area (Å²) in [6, 6.07) is 12.0. The van der Waals surface area contributed by atoms with Crippen molar-refractivity contribution in [1.29, 1.82) is 0 Å². The second-order valence-electron chi connectivity index (χ2n) is 16.9. The number of fused-ring (bicyclic) bond motifs is 4.